The van der Waals surface area contributed by atoms with E-state index in [4.69, 9.17) is 5.73 Å². The highest BCUT2D eigenvalue weighted by Gasteiger charge is 2.31. The van der Waals surface area contributed by atoms with Crippen LogP contribution in [0.5, 0.6) is 0 Å². The Kier molecular flexibility index (Phi) is 7.00. The molecule has 5 heteroatoms. The van der Waals surface area contributed by atoms with Gasteiger partial charge in [-0.15, -0.1) is 12.4 Å². The molecule has 1 fully saturated rings. The maximum atomic E-state index is 12.2. The molecule has 2 aromatic carbocycles. The van der Waals surface area contributed by atoms with Crippen LogP contribution in [0.1, 0.15) is 22.6 Å². The van der Waals surface area contributed by atoms with Crippen molar-refractivity contribution < 1.29 is 4.79 Å². The molecule has 1 amide bonds. The summed E-state index contributed by atoms with van der Waals surface area (Å²) >= 11 is 0. The Balaban J connectivity index is 0.00000225. The summed E-state index contributed by atoms with van der Waals surface area (Å²) in [5.74, 6) is 0.354. The second-order valence-electron chi connectivity index (χ2n) is 6.64. The first-order chi connectivity index (χ1) is 11.6. The average molecular weight is 360 g/mol. The van der Waals surface area contributed by atoms with Gasteiger partial charge in [-0.1, -0.05) is 60.2 Å². The van der Waals surface area contributed by atoms with Crippen molar-refractivity contribution in [2.45, 2.75) is 25.4 Å². The molecule has 3 N–H and O–H groups in total. The number of nitrogens with zero attached hydrogens (tertiary/aromatic N) is 1. The number of rotatable bonds is 5. The normalized spacial score (nSPS) is 20.1. The summed E-state index contributed by atoms with van der Waals surface area (Å²) in [5.41, 5.74) is 9.88. The molecule has 1 saturated heterocycles. The van der Waals surface area contributed by atoms with Gasteiger partial charge in [-0.3, -0.25) is 9.69 Å². The minimum atomic E-state index is 0. The average Bonchev–Trinajstić information content (AvgIpc) is 2.95. The van der Waals surface area contributed by atoms with Crippen LogP contribution < -0.4 is 11.1 Å². The summed E-state index contributed by atoms with van der Waals surface area (Å²) in [5, 5.41) is 2.99. The largest absolute Gasteiger partial charge is 0.351 e. The highest BCUT2D eigenvalue weighted by atomic mass is 35.5. The molecule has 3 rings (SSSR count). The summed E-state index contributed by atoms with van der Waals surface area (Å²) in [4.78, 5) is 14.3. The van der Waals surface area contributed by atoms with Gasteiger partial charge in [0.2, 0.25) is 5.91 Å². The molecule has 1 aliphatic rings. The number of halogens is 1. The summed E-state index contributed by atoms with van der Waals surface area (Å²) in [6, 6.07) is 18.6. The van der Waals surface area contributed by atoms with Crippen LogP contribution in [0, 0.1) is 6.92 Å². The lowest BCUT2D eigenvalue weighted by atomic mass is 9.95. The van der Waals surface area contributed by atoms with Crippen molar-refractivity contribution in [1.29, 1.82) is 0 Å². The molecular weight excluding hydrogens is 334 g/mol. The predicted molar refractivity (Wildman–Crippen MR) is 104 cm³/mol. The Morgan fingerprint density at radius 3 is 2.48 bits per heavy atom. The zero-order chi connectivity index (χ0) is 16.9. The van der Waals surface area contributed by atoms with E-state index in [-0.39, 0.29) is 24.4 Å². The van der Waals surface area contributed by atoms with E-state index < -0.39 is 0 Å². The number of hydrogen-bond acceptors (Lipinski definition) is 3. The van der Waals surface area contributed by atoms with Crippen molar-refractivity contribution >= 4 is 18.3 Å². The summed E-state index contributed by atoms with van der Waals surface area (Å²) in [6.45, 7) is 4.63. The minimum Gasteiger partial charge on any atom is -0.351 e. The van der Waals surface area contributed by atoms with Crippen LogP contribution >= 0.6 is 12.4 Å². The Bertz CT molecular complexity index is 675. The van der Waals surface area contributed by atoms with Gasteiger partial charge in [0.1, 0.15) is 0 Å². The molecule has 25 heavy (non-hydrogen) atoms. The molecule has 1 heterocycles. The van der Waals surface area contributed by atoms with Gasteiger partial charge in [0.25, 0.3) is 0 Å². The lowest BCUT2D eigenvalue weighted by molar-refractivity contribution is -0.122. The number of nitrogens with two attached hydrogens (primary N) is 1. The number of carbonyl (C=O) groups is 1. The molecule has 0 aromatic heterocycles. The van der Waals surface area contributed by atoms with Crippen molar-refractivity contribution in [3.63, 3.8) is 0 Å². The zero-order valence-electron chi connectivity index (χ0n) is 14.5. The number of hydrogen-bond donors (Lipinski definition) is 2. The monoisotopic (exact) mass is 359 g/mol. The van der Waals surface area contributed by atoms with E-state index in [2.05, 4.69) is 41.4 Å². The van der Waals surface area contributed by atoms with Gasteiger partial charge < -0.3 is 11.1 Å². The number of benzene rings is 2. The standard InChI is InChI=1S/C20H25N3O.ClH/c1-15-7-9-16(10-8-15)11-22-20(24)14-23-12-18(19(21)13-23)17-5-3-2-4-6-17;/h2-10,18-19H,11-14,21H2,1H3,(H,22,24);1H/t18-,19+;/m0./s1. The molecule has 0 spiro atoms. The lowest BCUT2D eigenvalue weighted by Crippen LogP contribution is -2.37. The first-order valence-corrected chi connectivity index (χ1v) is 8.47. The Morgan fingerprint density at radius 1 is 1.12 bits per heavy atom. The molecule has 2 atom stereocenters. The Hall–Kier alpha value is -1.88. The van der Waals surface area contributed by atoms with Gasteiger partial charge in [0, 0.05) is 31.6 Å². The van der Waals surface area contributed by atoms with Crippen LogP contribution in [0.4, 0.5) is 0 Å². The fourth-order valence-corrected chi connectivity index (χ4v) is 3.26. The first kappa shape index (κ1) is 19.4. The number of carbonyl (C=O) groups excluding carboxylic acids is 1. The Labute approximate surface area is 155 Å². The molecule has 0 aliphatic carbocycles. The maximum Gasteiger partial charge on any atom is 0.234 e. The van der Waals surface area contributed by atoms with Crippen molar-refractivity contribution in [3.05, 3.63) is 71.3 Å². The minimum absolute atomic E-state index is 0. The molecule has 0 radical (unpaired) electrons. The topological polar surface area (TPSA) is 58.4 Å². The highest BCUT2D eigenvalue weighted by Crippen LogP contribution is 2.25. The number of aryl methyl sites for hydroxylation is 1. The number of amides is 1. The number of likely N-dealkylation sites (tertiary alicyclic amines) is 1. The van der Waals surface area contributed by atoms with E-state index in [1.54, 1.807) is 0 Å². The van der Waals surface area contributed by atoms with E-state index >= 15 is 0 Å². The fraction of sp³-hybridized carbons (Fsp3) is 0.350. The zero-order valence-corrected chi connectivity index (χ0v) is 15.3. The lowest BCUT2D eigenvalue weighted by Gasteiger charge is -2.16. The van der Waals surface area contributed by atoms with Gasteiger partial charge in [0.05, 0.1) is 6.54 Å². The van der Waals surface area contributed by atoms with E-state index in [0.29, 0.717) is 19.0 Å². The summed E-state index contributed by atoms with van der Waals surface area (Å²) in [6.07, 6.45) is 0. The molecule has 0 bridgehead atoms. The Morgan fingerprint density at radius 2 is 1.80 bits per heavy atom. The molecule has 2 aromatic rings. The van der Waals surface area contributed by atoms with Crippen molar-refractivity contribution in [2.75, 3.05) is 19.6 Å². The first-order valence-electron chi connectivity index (χ1n) is 8.47. The smallest absolute Gasteiger partial charge is 0.234 e. The second kappa shape index (κ2) is 8.99. The molecule has 0 unspecified atom stereocenters. The van der Waals surface area contributed by atoms with E-state index in [1.807, 2.05) is 30.3 Å². The predicted octanol–water partition coefficient (Wildman–Crippen LogP) is 2.46. The van der Waals surface area contributed by atoms with Gasteiger partial charge >= 0.3 is 0 Å². The van der Waals surface area contributed by atoms with Crippen molar-refractivity contribution in [3.8, 4) is 0 Å². The van der Waals surface area contributed by atoms with Gasteiger partial charge in [-0.25, -0.2) is 0 Å². The van der Waals surface area contributed by atoms with Crippen LogP contribution in [0.25, 0.3) is 0 Å². The van der Waals surface area contributed by atoms with Crippen LogP contribution in [0.15, 0.2) is 54.6 Å². The quantitative estimate of drug-likeness (QED) is 0.862. The third kappa shape index (κ3) is 5.30. The molecular formula is C20H26ClN3O. The van der Waals surface area contributed by atoms with E-state index in [1.165, 1.54) is 11.1 Å². The van der Waals surface area contributed by atoms with Crippen molar-refractivity contribution in [2.24, 2.45) is 5.73 Å². The van der Waals surface area contributed by atoms with E-state index in [0.717, 1.165) is 18.7 Å². The van der Waals surface area contributed by atoms with Gasteiger partial charge in [-0.2, -0.15) is 0 Å². The van der Waals surface area contributed by atoms with Crippen LogP contribution in [-0.2, 0) is 11.3 Å². The van der Waals surface area contributed by atoms with Crippen molar-refractivity contribution in [1.82, 2.24) is 10.2 Å². The summed E-state index contributed by atoms with van der Waals surface area (Å²) in [7, 11) is 0. The third-order valence-electron chi connectivity index (χ3n) is 4.65. The van der Waals surface area contributed by atoms with Crippen LogP contribution in [-0.4, -0.2) is 36.5 Å². The second-order valence-corrected chi connectivity index (χ2v) is 6.64. The van der Waals surface area contributed by atoms with E-state index in [9.17, 15) is 4.79 Å². The van der Waals surface area contributed by atoms with Crippen LogP contribution in [0.2, 0.25) is 0 Å². The fourth-order valence-electron chi connectivity index (χ4n) is 3.26. The maximum absolute atomic E-state index is 12.2. The molecule has 0 saturated carbocycles. The molecule has 4 nitrogen and oxygen atoms in total. The molecule has 134 valence electrons. The molecule has 1 aliphatic heterocycles. The van der Waals surface area contributed by atoms with Gasteiger partial charge in [0.15, 0.2) is 0 Å². The third-order valence-corrected chi connectivity index (χ3v) is 4.65. The SMILES string of the molecule is Cc1ccc(CNC(=O)CN2C[C@@H](N)[C@H](c3ccccc3)C2)cc1.Cl. The number of nitrogens with one attached hydrogen (secondary N) is 1. The summed E-state index contributed by atoms with van der Waals surface area (Å²) < 4.78 is 0. The highest BCUT2D eigenvalue weighted by molar-refractivity contribution is 5.85. The van der Waals surface area contributed by atoms with Crippen LogP contribution in [0.3, 0.4) is 0 Å². The van der Waals surface area contributed by atoms with Gasteiger partial charge in [-0.05, 0) is 18.1 Å².